The molecule has 4 heterocycles. The van der Waals surface area contributed by atoms with Crippen molar-refractivity contribution in [3.63, 3.8) is 0 Å². The second kappa shape index (κ2) is 10.6. The average Bonchev–Trinajstić information content (AvgIpc) is 3.25. The highest BCUT2D eigenvalue weighted by atomic mass is 35.5. The third kappa shape index (κ3) is 5.76. The van der Waals surface area contributed by atoms with Crippen LogP contribution in [0.25, 0.3) is 5.65 Å². The lowest BCUT2D eigenvalue weighted by molar-refractivity contribution is -0.0451. The van der Waals surface area contributed by atoms with Crippen LogP contribution in [0.2, 0.25) is 5.02 Å². The summed E-state index contributed by atoms with van der Waals surface area (Å²) in [6, 6.07) is 7.39. The molecule has 1 aromatic carbocycles. The number of aliphatic hydroxyl groups is 1. The van der Waals surface area contributed by atoms with E-state index in [2.05, 4.69) is 35.7 Å². The largest absolute Gasteiger partial charge is 0.374 e. The molecule has 38 heavy (non-hydrogen) atoms. The molecule has 10 nitrogen and oxygen atoms in total. The lowest BCUT2D eigenvalue weighted by Gasteiger charge is -2.38. The van der Waals surface area contributed by atoms with Gasteiger partial charge in [0.15, 0.2) is 5.65 Å². The number of rotatable bonds is 6. The van der Waals surface area contributed by atoms with Crippen LogP contribution < -0.4 is 14.9 Å². The fourth-order valence-electron chi connectivity index (χ4n) is 5.78. The van der Waals surface area contributed by atoms with Crippen LogP contribution in [-0.2, 0) is 10.0 Å². The van der Waals surface area contributed by atoms with Gasteiger partial charge in [-0.05, 0) is 51.8 Å². The molecule has 0 radical (unpaired) electrons. The van der Waals surface area contributed by atoms with E-state index in [0.29, 0.717) is 34.9 Å². The van der Waals surface area contributed by atoms with Gasteiger partial charge in [0.05, 0.1) is 23.7 Å². The quantitative estimate of drug-likeness (QED) is 0.419. The summed E-state index contributed by atoms with van der Waals surface area (Å²) in [7, 11) is -3.54. The average molecular weight is 562 g/mol. The van der Waals surface area contributed by atoms with Crippen molar-refractivity contribution in [1.29, 1.82) is 0 Å². The number of hydrogen-bond acceptors (Lipinski definition) is 8. The summed E-state index contributed by atoms with van der Waals surface area (Å²) in [6.45, 7) is 8.86. The van der Waals surface area contributed by atoms with E-state index in [1.54, 1.807) is 18.2 Å². The Kier molecular flexibility index (Phi) is 7.58. The Labute approximate surface area is 229 Å². The van der Waals surface area contributed by atoms with Gasteiger partial charge >= 0.3 is 0 Å². The van der Waals surface area contributed by atoms with Crippen molar-refractivity contribution in [1.82, 2.24) is 24.8 Å². The molecule has 0 saturated carbocycles. The predicted molar refractivity (Wildman–Crippen MR) is 150 cm³/mol. The normalized spacial score (nSPS) is 24.1. The van der Waals surface area contributed by atoms with Gasteiger partial charge in [0.1, 0.15) is 12.0 Å². The smallest absolute Gasteiger partial charge is 0.229 e. The zero-order valence-corrected chi connectivity index (χ0v) is 23.8. The van der Waals surface area contributed by atoms with Gasteiger partial charge in [0.25, 0.3) is 0 Å². The SMILES string of the molecule is Cc1cn2nc([C@@H]3CCCCN3C(O)c3cc(Cl)ccc3NS(C)(=O)=O)cc2nc1N1CC(C)NC(C)C1. The first-order chi connectivity index (χ1) is 18.0. The summed E-state index contributed by atoms with van der Waals surface area (Å²) in [5.41, 5.74) is 3.38. The van der Waals surface area contributed by atoms with E-state index < -0.39 is 16.3 Å². The molecular weight excluding hydrogens is 526 g/mol. The molecule has 0 spiro atoms. The Morgan fingerprint density at radius 2 is 1.92 bits per heavy atom. The number of fused-ring (bicyclic) bond motifs is 1. The minimum atomic E-state index is -3.54. The number of sulfonamides is 1. The highest BCUT2D eigenvalue weighted by molar-refractivity contribution is 7.92. The summed E-state index contributed by atoms with van der Waals surface area (Å²) in [5.74, 6) is 0.972. The first-order valence-corrected chi connectivity index (χ1v) is 15.3. The van der Waals surface area contributed by atoms with Gasteiger partial charge in [-0.25, -0.2) is 17.9 Å². The highest BCUT2D eigenvalue weighted by Crippen LogP contribution is 2.39. The number of benzene rings is 1. The molecule has 206 valence electrons. The Morgan fingerprint density at radius 3 is 2.63 bits per heavy atom. The lowest BCUT2D eigenvalue weighted by Crippen LogP contribution is -2.54. The molecular formula is C26H36ClN7O3S. The van der Waals surface area contributed by atoms with Gasteiger partial charge in [0.2, 0.25) is 10.0 Å². The number of piperidine rings is 1. The summed E-state index contributed by atoms with van der Waals surface area (Å²) < 4.78 is 28.3. The third-order valence-electron chi connectivity index (χ3n) is 7.27. The number of nitrogens with zero attached hydrogens (tertiary/aromatic N) is 5. The molecule has 2 aliphatic heterocycles. The van der Waals surface area contributed by atoms with E-state index in [9.17, 15) is 13.5 Å². The van der Waals surface area contributed by atoms with Gasteiger partial charge in [-0.2, -0.15) is 5.10 Å². The van der Waals surface area contributed by atoms with Crippen LogP contribution in [-0.4, -0.2) is 71.0 Å². The topological polar surface area (TPSA) is 115 Å². The number of hydrogen-bond donors (Lipinski definition) is 3. The Morgan fingerprint density at radius 1 is 1.18 bits per heavy atom. The van der Waals surface area contributed by atoms with Crippen LogP contribution in [0, 0.1) is 6.92 Å². The van der Waals surface area contributed by atoms with Gasteiger partial charge in [-0.1, -0.05) is 18.0 Å². The molecule has 4 atom stereocenters. The zero-order chi connectivity index (χ0) is 27.2. The maximum absolute atomic E-state index is 12.0. The van der Waals surface area contributed by atoms with Gasteiger partial charge < -0.3 is 15.3 Å². The predicted octanol–water partition coefficient (Wildman–Crippen LogP) is 3.47. The number of nitrogens with one attached hydrogen (secondary N) is 2. The van der Waals surface area contributed by atoms with E-state index in [1.807, 2.05) is 21.7 Å². The number of aromatic nitrogens is 3. The number of likely N-dealkylation sites (tertiary alicyclic amines) is 1. The van der Waals surface area contributed by atoms with Crippen molar-refractivity contribution < 1.29 is 13.5 Å². The van der Waals surface area contributed by atoms with Crippen LogP contribution >= 0.6 is 11.6 Å². The molecule has 3 aromatic rings. The summed E-state index contributed by atoms with van der Waals surface area (Å²) in [6.07, 6.45) is 4.77. The first kappa shape index (κ1) is 27.1. The Bertz CT molecular complexity index is 1420. The van der Waals surface area contributed by atoms with E-state index >= 15 is 0 Å². The second-order valence-electron chi connectivity index (χ2n) is 10.7. The fraction of sp³-hybridized carbons (Fsp3) is 0.538. The maximum atomic E-state index is 12.0. The molecule has 12 heteroatoms. The van der Waals surface area contributed by atoms with Crippen LogP contribution in [0.15, 0.2) is 30.5 Å². The minimum absolute atomic E-state index is 0.159. The zero-order valence-electron chi connectivity index (χ0n) is 22.2. The van der Waals surface area contributed by atoms with E-state index in [1.165, 1.54) is 0 Å². The van der Waals surface area contributed by atoms with Crippen molar-refractivity contribution >= 4 is 38.8 Å². The van der Waals surface area contributed by atoms with E-state index in [-0.39, 0.29) is 6.04 Å². The highest BCUT2D eigenvalue weighted by Gasteiger charge is 2.33. The minimum Gasteiger partial charge on any atom is -0.374 e. The van der Waals surface area contributed by atoms with Crippen molar-refractivity contribution in [2.24, 2.45) is 0 Å². The summed E-state index contributed by atoms with van der Waals surface area (Å²) in [5, 5.41) is 20.4. The maximum Gasteiger partial charge on any atom is 0.229 e. The van der Waals surface area contributed by atoms with Gasteiger partial charge in [0, 0.05) is 60.1 Å². The molecule has 5 rings (SSSR count). The number of anilines is 2. The monoisotopic (exact) mass is 561 g/mol. The lowest BCUT2D eigenvalue weighted by atomic mass is 9.97. The Balaban J connectivity index is 1.47. The molecule has 2 fully saturated rings. The van der Waals surface area contributed by atoms with Crippen LogP contribution in [0.1, 0.15) is 62.2 Å². The van der Waals surface area contributed by atoms with E-state index in [0.717, 1.165) is 61.3 Å². The van der Waals surface area contributed by atoms with E-state index in [4.69, 9.17) is 21.7 Å². The molecule has 2 aliphatic rings. The van der Waals surface area contributed by atoms with Crippen molar-refractivity contribution in [2.45, 2.75) is 64.4 Å². The summed E-state index contributed by atoms with van der Waals surface area (Å²) in [4.78, 5) is 9.30. The van der Waals surface area contributed by atoms with Crippen molar-refractivity contribution in [3.8, 4) is 0 Å². The molecule has 2 aromatic heterocycles. The number of piperazine rings is 1. The van der Waals surface area contributed by atoms with Crippen molar-refractivity contribution in [3.05, 3.63) is 52.3 Å². The number of halogens is 1. The molecule has 0 bridgehead atoms. The van der Waals surface area contributed by atoms with Gasteiger partial charge in [-0.15, -0.1) is 0 Å². The molecule has 0 aliphatic carbocycles. The number of aryl methyl sites for hydroxylation is 1. The van der Waals surface area contributed by atoms with Crippen LogP contribution in [0.5, 0.6) is 0 Å². The van der Waals surface area contributed by atoms with Crippen LogP contribution in [0.3, 0.4) is 0 Å². The second-order valence-corrected chi connectivity index (χ2v) is 12.9. The van der Waals surface area contributed by atoms with Gasteiger partial charge in [-0.3, -0.25) is 9.62 Å². The first-order valence-electron chi connectivity index (χ1n) is 13.1. The molecule has 0 amide bonds. The number of aliphatic hydroxyl groups excluding tert-OH is 1. The Hall–Kier alpha value is -2.44. The molecule has 3 unspecified atom stereocenters. The van der Waals surface area contributed by atoms with Crippen molar-refractivity contribution in [2.75, 3.05) is 35.5 Å². The fourth-order valence-corrected chi connectivity index (χ4v) is 6.55. The molecule has 2 saturated heterocycles. The van der Waals surface area contributed by atoms with Crippen LogP contribution in [0.4, 0.5) is 11.5 Å². The molecule has 3 N–H and O–H groups in total. The standard InChI is InChI=1S/C26H36ClN7O3S/c1-16-13-34-24(29-25(16)32-14-17(2)28-18(3)15-32)12-22(30-34)23-7-5-6-10-33(23)26(35)20-11-19(27)8-9-21(20)31-38(4,36)37/h8-9,11-13,17-18,23,26,28,31,35H,5-7,10,14-15H2,1-4H3/t17?,18?,23-,26?/m0/s1. The summed E-state index contributed by atoms with van der Waals surface area (Å²) >= 11 is 6.25. The third-order valence-corrected chi connectivity index (χ3v) is 8.09.